The van der Waals surface area contributed by atoms with Gasteiger partial charge in [-0.05, 0) is 41.8 Å². The molecule has 2 unspecified atom stereocenters. The predicted molar refractivity (Wildman–Crippen MR) is 108 cm³/mol. The summed E-state index contributed by atoms with van der Waals surface area (Å²) in [6.45, 7) is -0.362. The first kappa shape index (κ1) is 21.2. The van der Waals surface area contributed by atoms with E-state index in [1.807, 2.05) is 24.3 Å². The number of aliphatic hydroxyl groups excluding tert-OH is 4. The smallest absolute Gasteiger partial charge is 0.121 e. The third kappa shape index (κ3) is 4.25. The van der Waals surface area contributed by atoms with E-state index in [1.165, 1.54) is 6.07 Å². The number of aromatic hydroxyl groups is 1. The van der Waals surface area contributed by atoms with Crippen LogP contribution in [0.2, 0.25) is 5.02 Å². The van der Waals surface area contributed by atoms with E-state index in [1.54, 1.807) is 13.2 Å². The van der Waals surface area contributed by atoms with Crippen molar-refractivity contribution < 1.29 is 30.3 Å². The van der Waals surface area contributed by atoms with Crippen molar-refractivity contribution in [3.63, 3.8) is 0 Å². The summed E-state index contributed by atoms with van der Waals surface area (Å²) in [7, 11) is 1.59. The molecule has 0 radical (unpaired) electrons. The summed E-state index contributed by atoms with van der Waals surface area (Å²) in [5.41, 5.74) is 2.13. The molecular formula is C20H23ClO6S. The fourth-order valence-electron chi connectivity index (χ4n) is 3.31. The van der Waals surface area contributed by atoms with Gasteiger partial charge in [0.25, 0.3) is 0 Å². The van der Waals surface area contributed by atoms with E-state index >= 15 is 0 Å². The van der Waals surface area contributed by atoms with Gasteiger partial charge in [0.05, 0.1) is 36.4 Å². The molecule has 0 amide bonds. The Morgan fingerprint density at radius 1 is 1.04 bits per heavy atom. The largest absolute Gasteiger partial charge is 0.508 e. The lowest BCUT2D eigenvalue weighted by atomic mass is 9.94. The molecule has 0 aromatic heterocycles. The van der Waals surface area contributed by atoms with Crippen LogP contribution in [-0.4, -0.2) is 62.8 Å². The van der Waals surface area contributed by atoms with Gasteiger partial charge in [-0.15, -0.1) is 11.8 Å². The van der Waals surface area contributed by atoms with Crippen LogP contribution in [0.4, 0.5) is 0 Å². The highest BCUT2D eigenvalue weighted by Crippen LogP contribution is 2.46. The number of phenols is 1. The van der Waals surface area contributed by atoms with E-state index in [0.29, 0.717) is 17.0 Å². The van der Waals surface area contributed by atoms with Crippen LogP contribution >= 0.6 is 23.4 Å². The number of halogens is 1. The number of thioether (sulfide) groups is 1. The maximum Gasteiger partial charge on any atom is 0.121 e. The summed E-state index contributed by atoms with van der Waals surface area (Å²) in [4.78, 5) is 0. The molecule has 6 nitrogen and oxygen atoms in total. The normalized spacial score (nSPS) is 27.6. The second-order valence-electron chi connectivity index (χ2n) is 6.78. The van der Waals surface area contributed by atoms with Gasteiger partial charge in [-0.2, -0.15) is 0 Å². The minimum Gasteiger partial charge on any atom is -0.508 e. The molecule has 0 bridgehead atoms. The number of phenolic OH excluding ortho intramolecular Hbond substituents is 1. The lowest BCUT2D eigenvalue weighted by Crippen LogP contribution is -2.51. The summed E-state index contributed by atoms with van der Waals surface area (Å²) >= 11 is 7.42. The van der Waals surface area contributed by atoms with Crippen molar-refractivity contribution in [2.45, 2.75) is 35.2 Å². The summed E-state index contributed by atoms with van der Waals surface area (Å²) in [5.74, 6) is 0.630. The number of benzene rings is 2. The molecule has 0 aliphatic carbocycles. The molecule has 2 aromatic rings. The number of methoxy groups -OCH3 is 1. The van der Waals surface area contributed by atoms with Gasteiger partial charge in [-0.25, -0.2) is 0 Å². The Morgan fingerprint density at radius 3 is 2.32 bits per heavy atom. The predicted octanol–water partition coefficient (Wildman–Crippen LogP) is 1.88. The molecule has 1 saturated heterocycles. The number of ether oxygens (including phenoxy) is 1. The van der Waals surface area contributed by atoms with Crippen molar-refractivity contribution in [2.24, 2.45) is 0 Å². The van der Waals surface area contributed by atoms with Crippen molar-refractivity contribution in [3.05, 3.63) is 58.1 Å². The molecule has 5 atom stereocenters. The van der Waals surface area contributed by atoms with E-state index in [0.717, 1.165) is 28.6 Å². The summed E-state index contributed by atoms with van der Waals surface area (Å²) in [6.07, 6.45) is -3.49. The van der Waals surface area contributed by atoms with Gasteiger partial charge in [-0.3, -0.25) is 0 Å². The van der Waals surface area contributed by atoms with Crippen LogP contribution in [0.5, 0.6) is 11.5 Å². The van der Waals surface area contributed by atoms with Crippen molar-refractivity contribution in [1.29, 1.82) is 0 Å². The van der Waals surface area contributed by atoms with Gasteiger partial charge in [0.1, 0.15) is 17.6 Å². The van der Waals surface area contributed by atoms with Gasteiger partial charge in [0.2, 0.25) is 0 Å². The lowest BCUT2D eigenvalue weighted by molar-refractivity contribution is -0.0701. The second-order valence-corrected chi connectivity index (χ2v) is 8.57. The zero-order chi connectivity index (χ0) is 20.4. The average Bonchev–Trinajstić information content (AvgIpc) is 2.69. The zero-order valence-corrected chi connectivity index (χ0v) is 16.8. The molecule has 5 N–H and O–H groups in total. The third-order valence-electron chi connectivity index (χ3n) is 4.95. The molecule has 1 fully saturated rings. The minimum atomic E-state index is -1.43. The average molecular weight is 427 g/mol. The van der Waals surface area contributed by atoms with Gasteiger partial charge >= 0.3 is 0 Å². The Hall–Kier alpha value is -1.48. The third-order valence-corrected chi connectivity index (χ3v) is 6.90. The van der Waals surface area contributed by atoms with E-state index in [2.05, 4.69) is 0 Å². The molecule has 3 rings (SSSR count). The van der Waals surface area contributed by atoms with Crippen LogP contribution in [-0.2, 0) is 6.42 Å². The highest BCUT2D eigenvalue weighted by Gasteiger charge is 2.44. The SMILES string of the molecule is COc1ccc(Cc2cc([C@@H]3SC(CO)[C@@H](O)C(O)[C@H]3O)c(O)cc2Cl)cc1. The molecular weight excluding hydrogens is 404 g/mol. The van der Waals surface area contributed by atoms with Crippen molar-refractivity contribution in [1.82, 2.24) is 0 Å². The summed E-state index contributed by atoms with van der Waals surface area (Å²) in [6, 6.07) is 10.6. The zero-order valence-electron chi connectivity index (χ0n) is 15.2. The fraction of sp³-hybridized carbons (Fsp3) is 0.400. The van der Waals surface area contributed by atoms with Crippen LogP contribution in [0.25, 0.3) is 0 Å². The van der Waals surface area contributed by atoms with Gasteiger partial charge < -0.3 is 30.3 Å². The van der Waals surface area contributed by atoms with E-state index in [9.17, 15) is 25.5 Å². The van der Waals surface area contributed by atoms with Gasteiger partial charge in [-0.1, -0.05) is 23.7 Å². The molecule has 2 aromatic carbocycles. The lowest BCUT2D eigenvalue weighted by Gasteiger charge is -2.39. The van der Waals surface area contributed by atoms with E-state index in [-0.39, 0.29) is 12.4 Å². The summed E-state index contributed by atoms with van der Waals surface area (Å²) < 4.78 is 5.15. The molecule has 0 spiro atoms. The number of aliphatic hydroxyl groups is 4. The molecule has 28 heavy (non-hydrogen) atoms. The van der Waals surface area contributed by atoms with E-state index < -0.39 is 28.8 Å². The Labute approximate surface area is 172 Å². The maximum atomic E-state index is 10.4. The fourth-order valence-corrected chi connectivity index (χ4v) is 4.98. The molecule has 1 heterocycles. The first-order valence-corrected chi connectivity index (χ1v) is 10.1. The van der Waals surface area contributed by atoms with E-state index in [4.69, 9.17) is 16.3 Å². The highest BCUT2D eigenvalue weighted by atomic mass is 35.5. The molecule has 0 saturated carbocycles. The molecule has 1 aliphatic rings. The second kappa shape index (κ2) is 8.90. The quantitative estimate of drug-likeness (QED) is 0.496. The Kier molecular flexibility index (Phi) is 6.75. The summed E-state index contributed by atoms with van der Waals surface area (Å²) in [5, 5.41) is 49.4. The minimum absolute atomic E-state index is 0.111. The van der Waals surface area contributed by atoms with Crippen LogP contribution in [0.1, 0.15) is 21.9 Å². The van der Waals surface area contributed by atoms with Gasteiger partial charge in [0, 0.05) is 10.6 Å². The van der Waals surface area contributed by atoms with Crippen molar-refractivity contribution >= 4 is 23.4 Å². The molecule has 8 heteroatoms. The number of rotatable bonds is 5. The molecule has 152 valence electrons. The van der Waals surface area contributed by atoms with Crippen molar-refractivity contribution in [3.8, 4) is 11.5 Å². The first-order chi connectivity index (χ1) is 13.3. The Morgan fingerprint density at radius 2 is 1.71 bits per heavy atom. The van der Waals surface area contributed by atoms with Crippen LogP contribution in [0.15, 0.2) is 36.4 Å². The van der Waals surface area contributed by atoms with Gasteiger partial charge in [0.15, 0.2) is 0 Å². The van der Waals surface area contributed by atoms with Crippen molar-refractivity contribution in [2.75, 3.05) is 13.7 Å². The Bertz CT molecular complexity index is 813. The van der Waals surface area contributed by atoms with Crippen LogP contribution < -0.4 is 4.74 Å². The van der Waals surface area contributed by atoms with Crippen LogP contribution in [0, 0.1) is 0 Å². The van der Waals surface area contributed by atoms with Crippen LogP contribution in [0.3, 0.4) is 0 Å². The maximum absolute atomic E-state index is 10.4. The Balaban J connectivity index is 1.92. The molecule has 1 aliphatic heterocycles. The first-order valence-electron chi connectivity index (χ1n) is 8.80. The monoisotopic (exact) mass is 426 g/mol. The topological polar surface area (TPSA) is 110 Å². The highest BCUT2D eigenvalue weighted by molar-refractivity contribution is 8.00. The standard InChI is InChI=1S/C20H23ClO6S/c1-27-12-4-2-10(3-5-12)6-11-7-13(15(23)8-14(11)21)20-19(26)18(25)17(24)16(9-22)28-20/h2-5,7-8,16-20,22-26H,6,9H2,1H3/t16?,17-,18?,19-,20+/m1/s1. The number of hydrogen-bond acceptors (Lipinski definition) is 7. The number of hydrogen-bond donors (Lipinski definition) is 5.